The SMILES string of the molecule is [N-]=[N+]=NC1CC(N)C(O)[C@@H](O[C@@H]2O[C@H](CO)C(OC3OC(CN)C(O)[C@H](O)C3N)C2O)C1O[C@H]1OC(CN)[C@@H](O)C(O)C1N. The molecule has 44 heavy (non-hydrogen) atoms. The van der Waals surface area contributed by atoms with Crippen LogP contribution in [0.1, 0.15) is 6.42 Å². The van der Waals surface area contributed by atoms with Crippen LogP contribution in [0.3, 0.4) is 0 Å². The molecular weight excluding hydrogens is 596 g/mol. The highest BCUT2D eigenvalue weighted by molar-refractivity contribution is 5.03. The van der Waals surface area contributed by atoms with Crippen LogP contribution in [0.4, 0.5) is 0 Å². The van der Waals surface area contributed by atoms with Crippen LogP contribution in [0.2, 0.25) is 0 Å². The molecule has 3 aliphatic heterocycles. The van der Waals surface area contributed by atoms with E-state index in [2.05, 4.69) is 10.0 Å². The van der Waals surface area contributed by atoms with Gasteiger partial charge in [-0.25, -0.2) is 0 Å². The quantitative estimate of drug-likeness (QED) is 0.0599. The molecule has 21 nitrogen and oxygen atoms in total. The smallest absolute Gasteiger partial charge is 0.187 e. The fourth-order valence-electron chi connectivity index (χ4n) is 5.85. The van der Waals surface area contributed by atoms with E-state index < -0.39 is 123 Å². The summed E-state index contributed by atoms with van der Waals surface area (Å²) in [6.45, 7) is -1.08. The fraction of sp³-hybridized carbons (Fsp3) is 1.00. The Morgan fingerprint density at radius 1 is 0.659 bits per heavy atom. The number of azide groups is 1. The first-order valence-electron chi connectivity index (χ1n) is 14.2. The molecule has 0 bridgehead atoms. The van der Waals surface area contributed by atoms with Gasteiger partial charge in [-0.2, -0.15) is 0 Å². The van der Waals surface area contributed by atoms with Crippen LogP contribution in [-0.4, -0.2) is 172 Å². The summed E-state index contributed by atoms with van der Waals surface area (Å²) in [5.41, 5.74) is 38.6. The molecule has 0 spiro atoms. The summed E-state index contributed by atoms with van der Waals surface area (Å²) in [6.07, 6.45) is -21.0. The molecule has 0 aromatic heterocycles. The van der Waals surface area contributed by atoms with Gasteiger partial charge < -0.3 is 92.8 Å². The van der Waals surface area contributed by atoms with Gasteiger partial charge in [-0.05, 0) is 12.0 Å². The second kappa shape index (κ2) is 15.0. The molecule has 3 saturated heterocycles. The second-order valence-electron chi connectivity index (χ2n) is 11.4. The van der Waals surface area contributed by atoms with Gasteiger partial charge in [-0.15, -0.1) is 0 Å². The van der Waals surface area contributed by atoms with E-state index in [1.54, 1.807) is 0 Å². The summed E-state index contributed by atoms with van der Waals surface area (Å²) < 4.78 is 34.7. The minimum absolute atomic E-state index is 0.0737. The number of ether oxygens (including phenoxy) is 6. The summed E-state index contributed by atoms with van der Waals surface area (Å²) in [5.74, 6) is 0. The van der Waals surface area contributed by atoms with Gasteiger partial charge in [0, 0.05) is 24.0 Å². The van der Waals surface area contributed by atoms with E-state index >= 15 is 0 Å². The molecule has 254 valence electrons. The van der Waals surface area contributed by atoms with E-state index in [-0.39, 0.29) is 19.5 Å². The van der Waals surface area contributed by atoms with E-state index in [0.717, 1.165) is 0 Å². The van der Waals surface area contributed by atoms with Gasteiger partial charge in [-0.3, -0.25) is 0 Å². The summed E-state index contributed by atoms with van der Waals surface area (Å²) in [6, 6.07) is -4.66. The maximum Gasteiger partial charge on any atom is 0.187 e. The maximum atomic E-state index is 11.2. The van der Waals surface area contributed by atoms with Crippen LogP contribution in [-0.2, 0) is 28.4 Å². The Bertz CT molecular complexity index is 984. The van der Waals surface area contributed by atoms with Crippen molar-refractivity contribution in [2.45, 2.75) is 123 Å². The third-order valence-corrected chi connectivity index (χ3v) is 8.50. The Hall–Kier alpha value is -1.41. The minimum atomic E-state index is -1.67. The average Bonchev–Trinajstić information content (AvgIpc) is 3.30. The molecule has 1 saturated carbocycles. The highest BCUT2D eigenvalue weighted by Crippen LogP contribution is 2.35. The van der Waals surface area contributed by atoms with Crippen molar-refractivity contribution in [1.29, 1.82) is 0 Å². The van der Waals surface area contributed by atoms with Crippen LogP contribution in [0.15, 0.2) is 5.11 Å². The van der Waals surface area contributed by atoms with Crippen LogP contribution < -0.4 is 28.7 Å². The number of nitrogens with two attached hydrogens (primary N) is 5. The Morgan fingerprint density at radius 2 is 1.14 bits per heavy atom. The number of aliphatic hydroxyl groups is 7. The first-order chi connectivity index (χ1) is 20.9. The predicted octanol–water partition coefficient (Wildman–Crippen LogP) is -7.54. The fourth-order valence-corrected chi connectivity index (χ4v) is 5.85. The van der Waals surface area contributed by atoms with Crippen molar-refractivity contribution in [3.05, 3.63) is 10.4 Å². The molecule has 0 radical (unpaired) electrons. The highest BCUT2D eigenvalue weighted by Gasteiger charge is 2.54. The van der Waals surface area contributed by atoms with Gasteiger partial charge in [0.05, 0.1) is 36.9 Å². The van der Waals surface area contributed by atoms with Gasteiger partial charge in [0.15, 0.2) is 18.9 Å². The van der Waals surface area contributed by atoms with Gasteiger partial charge in [-0.1, -0.05) is 5.11 Å². The Labute approximate surface area is 251 Å². The molecule has 4 aliphatic rings. The topological polar surface area (TPSA) is 376 Å². The number of hydrogen-bond acceptors (Lipinski definition) is 19. The summed E-state index contributed by atoms with van der Waals surface area (Å²) in [4.78, 5) is 2.82. The van der Waals surface area contributed by atoms with Crippen molar-refractivity contribution in [3.63, 3.8) is 0 Å². The van der Waals surface area contributed by atoms with E-state index in [4.69, 9.17) is 57.1 Å². The van der Waals surface area contributed by atoms with E-state index in [1.807, 2.05) is 0 Å². The predicted molar refractivity (Wildman–Crippen MR) is 143 cm³/mol. The third kappa shape index (κ3) is 6.96. The molecule has 0 amide bonds. The van der Waals surface area contributed by atoms with Crippen molar-refractivity contribution < 1.29 is 64.2 Å². The van der Waals surface area contributed by atoms with Crippen molar-refractivity contribution in [3.8, 4) is 0 Å². The van der Waals surface area contributed by atoms with Crippen LogP contribution in [0, 0.1) is 0 Å². The average molecular weight is 641 g/mol. The highest BCUT2D eigenvalue weighted by atomic mass is 16.8. The van der Waals surface area contributed by atoms with Crippen molar-refractivity contribution in [1.82, 2.24) is 0 Å². The lowest BCUT2D eigenvalue weighted by Gasteiger charge is -2.47. The normalized spacial score (nSPS) is 51.6. The largest absolute Gasteiger partial charge is 0.394 e. The number of rotatable bonds is 10. The first kappa shape index (κ1) is 35.4. The molecule has 4 fully saturated rings. The van der Waals surface area contributed by atoms with Gasteiger partial charge in [0.2, 0.25) is 0 Å². The van der Waals surface area contributed by atoms with Crippen LogP contribution in [0.5, 0.6) is 0 Å². The number of hydrogen-bond donors (Lipinski definition) is 12. The monoisotopic (exact) mass is 640 g/mol. The number of nitrogens with zero attached hydrogens (tertiary/aromatic N) is 3. The third-order valence-electron chi connectivity index (χ3n) is 8.50. The second-order valence-corrected chi connectivity index (χ2v) is 11.4. The lowest BCUT2D eigenvalue weighted by Crippen LogP contribution is -2.67. The van der Waals surface area contributed by atoms with E-state index in [9.17, 15) is 41.3 Å². The molecular formula is C23H44N8O13. The van der Waals surface area contributed by atoms with E-state index in [1.165, 1.54) is 0 Å². The standard InChI is InChI=1S/C23H44N8O13/c24-2-7-13(34)15(36)10(27)21(39-7)42-18-6(30-31-29)1-5(26)12(33)20(18)44-23-17(38)19(9(4-32)41-23)43-22-11(28)16(37)14(35)8(3-25)40-22/h5-23,32-38H,1-4,24-28H2/t5?,6?,7?,8?,9-,10?,11?,12?,13-,14?,15?,16-,17?,18?,19?,20-,21-,22?,23+/m1/s1. The minimum Gasteiger partial charge on any atom is -0.394 e. The molecule has 0 aromatic rings. The lowest BCUT2D eigenvalue weighted by atomic mass is 9.84. The molecule has 4 rings (SSSR count). The van der Waals surface area contributed by atoms with Crippen molar-refractivity contribution in [2.75, 3.05) is 19.7 Å². The van der Waals surface area contributed by atoms with Gasteiger partial charge in [0.25, 0.3) is 0 Å². The summed E-state index contributed by atoms with van der Waals surface area (Å²) in [5, 5.41) is 77.0. The molecule has 17 N–H and O–H groups in total. The van der Waals surface area contributed by atoms with Crippen LogP contribution >= 0.6 is 0 Å². The van der Waals surface area contributed by atoms with Crippen molar-refractivity contribution in [2.24, 2.45) is 33.8 Å². The first-order valence-corrected chi connectivity index (χ1v) is 14.2. The summed E-state index contributed by atoms with van der Waals surface area (Å²) >= 11 is 0. The summed E-state index contributed by atoms with van der Waals surface area (Å²) in [7, 11) is 0. The lowest BCUT2D eigenvalue weighted by molar-refractivity contribution is -0.306. The zero-order valence-corrected chi connectivity index (χ0v) is 23.6. The molecule has 0 aromatic carbocycles. The molecule has 1 aliphatic carbocycles. The Kier molecular flexibility index (Phi) is 12.1. The van der Waals surface area contributed by atoms with Gasteiger partial charge in [0.1, 0.15) is 61.0 Å². The number of aliphatic hydroxyl groups excluding tert-OH is 7. The Balaban J connectivity index is 1.55. The molecule has 21 heteroatoms. The van der Waals surface area contributed by atoms with Gasteiger partial charge >= 0.3 is 0 Å². The van der Waals surface area contributed by atoms with E-state index in [0.29, 0.717) is 0 Å². The zero-order valence-electron chi connectivity index (χ0n) is 23.6. The maximum absolute atomic E-state index is 11.2. The zero-order chi connectivity index (χ0) is 32.5. The molecule has 3 heterocycles. The molecule has 13 unspecified atom stereocenters. The van der Waals surface area contributed by atoms with Crippen LogP contribution in [0.25, 0.3) is 10.4 Å². The molecule has 19 atom stereocenters. The Morgan fingerprint density at radius 3 is 1.61 bits per heavy atom. The van der Waals surface area contributed by atoms with Crippen molar-refractivity contribution >= 4 is 0 Å².